The van der Waals surface area contributed by atoms with Gasteiger partial charge >= 0.3 is 5.69 Å². The van der Waals surface area contributed by atoms with Crippen LogP contribution in [0.25, 0.3) is 0 Å². The van der Waals surface area contributed by atoms with Crippen LogP contribution in [0.1, 0.15) is 25.0 Å². The van der Waals surface area contributed by atoms with E-state index in [2.05, 4.69) is 9.97 Å². The van der Waals surface area contributed by atoms with Gasteiger partial charge in [0.1, 0.15) is 5.69 Å². The highest BCUT2D eigenvalue weighted by molar-refractivity contribution is 6.28. The number of anilines is 1. The highest BCUT2D eigenvalue weighted by Gasteiger charge is 2.29. The summed E-state index contributed by atoms with van der Waals surface area (Å²) in [5.41, 5.74) is 5.32. The molecule has 1 amide bonds. The largest absolute Gasteiger partial charge is 0.370 e. The molecule has 1 aromatic rings. The molecule has 0 saturated carbocycles. The van der Waals surface area contributed by atoms with Crippen molar-refractivity contribution in [3.63, 3.8) is 0 Å². The van der Waals surface area contributed by atoms with Gasteiger partial charge in [0, 0.05) is 19.5 Å². The predicted octanol–water partition coefficient (Wildman–Crippen LogP) is 1.44. The standard InChI is InChI=1S/C12H16ClN5O3/c1-7-10(18(20)21)11(16-12(13)15-7)17-4-2-8(3-5-17)6-9(14)19/h8H,2-6H2,1H3,(H2,14,19). The smallest absolute Gasteiger partial charge is 0.332 e. The summed E-state index contributed by atoms with van der Waals surface area (Å²) in [7, 11) is 0. The van der Waals surface area contributed by atoms with Gasteiger partial charge in [-0.1, -0.05) is 0 Å². The van der Waals surface area contributed by atoms with Gasteiger partial charge in [-0.15, -0.1) is 0 Å². The highest BCUT2D eigenvalue weighted by Crippen LogP contribution is 2.33. The summed E-state index contributed by atoms with van der Waals surface area (Å²) >= 11 is 5.81. The molecule has 2 rings (SSSR count). The minimum Gasteiger partial charge on any atom is -0.370 e. The number of nitrogens with zero attached hydrogens (tertiary/aromatic N) is 4. The van der Waals surface area contributed by atoms with Crippen LogP contribution in [-0.4, -0.2) is 33.9 Å². The van der Waals surface area contributed by atoms with E-state index in [-0.39, 0.29) is 34.3 Å². The molecule has 2 N–H and O–H groups in total. The van der Waals surface area contributed by atoms with Crippen molar-refractivity contribution in [2.24, 2.45) is 11.7 Å². The van der Waals surface area contributed by atoms with E-state index in [4.69, 9.17) is 17.3 Å². The summed E-state index contributed by atoms with van der Waals surface area (Å²) in [5.74, 6) is 0.145. The minimum absolute atomic E-state index is 0.00707. The average Bonchev–Trinajstić information content (AvgIpc) is 2.37. The first kappa shape index (κ1) is 15.4. The van der Waals surface area contributed by atoms with E-state index in [1.54, 1.807) is 0 Å². The van der Waals surface area contributed by atoms with E-state index in [0.29, 0.717) is 19.5 Å². The second-order valence-corrected chi connectivity index (χ2v) is 5.45. The Morgan fingerprint density at radius 1 is 1.48 bits per heavy atom. The summed E-state index contributed by atoms with van der Waals surface area (Å²) < 4.78 is 0. The molecule has 8 nitrogen and oxygen atoms in total. The molecule has 0 unspecified atom stereocenters. The van der Waals surface area contributed by atoms with Gasteiger partial charge in [0.2, 0.25) is 17.0 Å². The number of primary amides is 1. The number of hydrogen-bond donors (Lipinski definition) is 1. The number of nitrogens with two attached hydrogens (primary N) is 1. The molecule has 1 aliphatic rings. The Kier molecular flexibility index (Phi) is 4.56. The number of aryl methyl sites for hydroxylation is 1. The van der Waals surface area contributed by atoms with E-state index in [0.717, 1.165) is 12.8 Å². The van der Waals surface area contributed by atoms with Gasteiger partial charge in [-0.25, -0.2) is 4.98 Å². The molecule has 0 spiro atoms. The maximum absolute atomic E-state index is 11.2. The lowest BCUT2D eigenvalue weighted by molar-refractivity contribution is -0.385. The van der Waals surface area contributed by atoms with Crippen molar-refractivity contribution in [1.82, 2.24) is 9.97 Å². The molecular formula is C12H16ClN5O3. The molecule has 2 heterocycles. The van der Waals surface area contributed by atoms with Crippen molar-refractivity contribution in [1.29, 1.82) is 0 Å². The number of halogens is 1. The molecule has 0 aromatic carbocycles. The van der Waals surface area contributed by atoms with E-state index >= 15 is 0 Å². The van der Waals surface area contributed by atoms with Crippen LogP contribution in [0.5, 0.6) is 0 Å². The summed E-state index contributed by atoms with van der Waals surface area (Å²) in [6, 6.07) is 0. The van der Waals surface area contributed by atoms with Crippen LogP contribution in [0.15, 0.2) is 0 Å². The monoisotopic (exact) mass is 313 g/mol. The second-order valence-electron chi connectivity index (χ2n) is 5.11. The Labute approximate surface area is 126 Å². The van der Waals surface area contributed by atoms with Crippen molar-refractivity contribution >= 4 is 29.0 Å². The average molecular weight is 314 g/mol. The van der Waals surface area contributed by atoms with Crippen molar-refractivity contribution in [2.75, 3.05) is 18.0 Å². The lowest BCUT2D eigenvalue weighted by Gasteiger charge is -2.32. The molecule has 1 saturated heterocycles. The first-order chi connectivity index (χ1) is 9.88. The molecule has 21 heavy (non-hydrogen) atoms. The molecule has 0 atom stereocenters. The third kappa shape index (κ3) is 3.57. The number of carbonyl (C=O) groups is 1. The van der Waals surface area contributed by atoms with Crippen molar-refractivity contribution < 1.29 is 9.72 Å². The van der Waals surface area contributed by atoms with Crippen molar-refractivity contribution in [2.45, 2.75) is 26.2 Å². The fourth-order valence-corrected chi connectivity index (χ4v) is 2.79. The topological polar surface area (TPSA) is 115 Å². The number of hydrogen-bond acceptors (Lipinski definition) is 6. The highest BCUT2D eigenvalue weighted by atomic mass is 35.5. The van der Waals surface area contributed by atoms with Crippen LogP contribution in [0.2, 0.25) is 5.28 Å². The lowest BCUT2D eigenvalue weighted by Crippen LogP contribution is -2.36. The van der Waals surface area contributed by atoms with Crippen molar-refractivity contribution in [3.8, 4) is 0 Å². The molecule has 9 heteroatoms. The first-order valence-electron chi connectivity index (χ1n) is 6.60. The van der Waals surface area contributed by atoms with Gasteiger partial charge < -0.3 is 10.6 Å². The van der Waals surface area contributed by atoms with Gasteiger partial charge in [-0.05, 0) is 37.3 Å². The van der Waals surface area contributed by atoms with Crippen molar-refractivity contribution in [3.05, 3.63) is 21.1 Å². The van der Waals surface area contributed by atoms with Crippen LogP contribution in [-0.2, 0) is 4.79 Å². The van der Waals surface area contributed by atoms with E-state index in [9.17, 15) is 14.9 Å². The minimum atomic E-state index is -0.490. The van der Waals surface area contributed by atoms with E-state index < -0.39 is 4.92 Å². The second kappa shape index (κ2) is 6.21. The third-order valence-electron chi connectivity index (χ3n) is 3.60. The first-order valence-corrected chi connectivity index (χ1v) is 6.98. The number of piperidine rings is 1. The molecule has 114 valence electrons. The maximum Gasteiger partial charge on any atom is 0.332 e. The van der Waals surface area contributed by atoms with Gasteiger partial charge in [0.25, 0.3) is 0 Å². The molecule has 1 fully saturated rings. The molecule has 0 radical (unpaired) electrons. The Hall–Kier alpha value is -1.96. The van der Waals surface area contributed by atoms with Crippen LogP contribution < -0.4 is 10.6 Å². The molecule has 0 aliphatic carbocycles. The van der Waals surface area contributed by atoms with Gasteiger partial charge in [-0.2, -0.15) is 4.98 Å². The molecule has 1 aromatic heterocycles. The third-order valence-corrected chi connectivity index (χ3v) is 3.77. The molecule has 1 aliphatic heterocycles. The fraction of sp³-hybridized carbons (Fsp3) is 0.583. The Morgan fingerprint density at radius 2 is 2.10 bits per heavy atom. The normalized spacial score (nSPS) is 16.0. The van der Waals surface area contributed by atoms with Gasteiger partial charge in [0.05, 0.1) is 4.92 Å². The van der Waals surface area contributed by atoms with Gasteiger partial charge in [-0.3, -0.25) is 14.9 Å². The van der Waals surface area contributed by atoms with Crippen LogP contribution in [0, 0.1) is 23.0 Å². The van der Waals surface area contributed by atoms with E-state index in [1.165, 1.54) is 6.92 Å². The van der Waals surface area contributed by atoms with E-state index in [1.807, 2.05) is 4.90 Å². The van der Waals surface area contributed by atoms with Crippen LogP contribution in [0.4, 0.5) is 11.5 Å². The van der Waals surface area contributed by atoms with Crippen LogP contribution in [0.3, 0.4) is 0 Å². The maximum atomic E-state index is 11.2. The zero-order chi connectivity index (χ0) is 15.6. The Bertz CT molecular complexity index is 572. The molecular weight excluding hydrogens is 298 g/mol. The zero-order valence-electron chi connectivity index (χ0n) is 11.6. The number of rotatable bonds is 4. The zero-order valence-corrected chi connectivity index (χ0v) is 12.3. The predicted molar refractivity (Wildman–Crippen MR) is 77.2 cm³/mol. The summed E-state index contributed by atoms with van der Waals surface area (Å²) in [5, 5.41) is 11.2. The summed E-state index contributed by atoms with van der Waals surface area (Å²) in [4.78, 5) is 31.3. The number of carbonyl (C=O) groups excluding carboxylic acids is 1. The Balaban J connectivity index is 2.20. The number of nitro groups is 1. The van der Waals surface area contributed by atoms with Gasteiger partial charge in [0.15, 0.2) is 0 Å². The molecule has 0 bridgehead atoms. The SMILES string of the molecule is Cc1nc(Cl)nc(N2CCC(CC(N)=O)CC2)c1[N+](=O)[O-]. The summed E-state index contributed by atoms with van der Waals surface area (Å²) in [6.45, 7) is 2.69. The quantitative estimate of drug-likeness (QED) is 0.511. The number of amides is 1. The number of aromatic nitrogens is 2. The summed E-state index contributed by atoms with van der Waals surface area (Å²) in [6.07, 6.45) is 1.82. The Morgan fingerprint density at radius 3 is 2.62 bits per heavy atom. The lowest BCUT2D eigenvalue weighted by atomic mass is 9.93. The van der Waals surface area contributed by atoms with Crippen LogP contribution >= 0.6 is 11.6 Å². The fourth-order valence-electron chi connectivity index (χ4n) is 2.59.